The van der Waals surface area contributed by atoms with Crippen LogP contribution >= 0.6 is 0 Å². The van der Waals surface area contributed by atoms with Crippen LogP contribution in [0.4, 0.5) is 4.39 Å². The first kappa shape index (κ1) is 91.7. The molecule has 0 fully saturated rings. The number of H-pyrrole nitrogens is 2. The van der Waals surface area contributed by atoms with E-state index in [0.717, 1.165) is 73.1 Å². The lowest BCUT2D eigenvalue weighted by Gasteiger charge is -2.34. The molecule has 117 heavy (non-hydrogen) atoms. The molecule has 0 aliphatic heterocycles. The quantitative estimate of drug-likeness (QED) is 0.0150. The number of hydrogen-bond acceptors (Lipinski definition) is 23. The van der Waals surface area contributed by atoms with Crippen LogP contribution in [0.15, 0.2) is 104 Å². The number of imidazole rings is 1. The van der Waals surface area contributed by atoms with Crippen molar-refractivity contribution in [2.45, 2.75) is 199 Å². The number of aliphatic hydroxyl groups excluding tert-OH is 3. The summed E-state index contributed by atoms with van der Waals surface area (Å²) in [5.74, 6) is -14.2. The fourth-order valence-electron chi connectivity index (χ4n) is 12.5. The van der Waals surface area contributed by atoms with Gasteiger partial charge in [-0.1, -0.05) is 90.0 Å². The second-order valence-corrected chi connectivity index (χ2v) is 29.2. The number of amides is 11. The molecule has 7 rings (SSSR count). The number of nitrogens with one attached hydrogen (secondary N) is 12. The van der Waals surface area contributed by atoms with Gasteiger partial charge in [0, 0.05) is 63.4 Å². The third kappa shape index (κ3) is 27.9. The number of aryl methyl sites for hydroxylation is 5. The number of nitrogens with two attached hydrogens (primary N) is 2. The summed E-state index contributed by atoms with van der Waals surface area (Å²) in [6.07, 6.45) is 2.05. The molecule has 0 saturated carbocycles. The zero-order valence-electron chi connectivity index (χ0n) is 66.3. The molecular weight excluding hydrogens is 1520 g/mol. The fourth-order valence-corrected chi connectivity index (χ4v) is 12.5. The van der Waals surface area contributed by atoms with E-state index in [-0.39, 0.29) is 37.2 Å². The molecule has 0 aliphatic carbocycles. The van der Waals surface area contributed by atoms with Crippen LogP contribution in [0.2, 0.25) is 0 Å². The van der Waals surface area contributed by atoms with Gasteiger partial charge in [-0.05, 0) is 149 Å². The number of carboxylic acids is 1. The van der Waals surface area contributed by atoms with Crippen molar-refractivity contribution in [2.75, 3.05) is 26.3 Å². The van der Waals surface area contributed by atoms with Crippen LogP contribution in [0.3, 0.4) is 0 Å². The lowest BCUT2D eigenvalue weighted by Crippen LogP contribution is -2.67. The molecule has 7 aromatic rings. The minimum Gasteiger partial charge on any atom is -0.494 e. The highest BCUT2D eigenvalue weighted by atomic mass is 19.1. The molecule has 20 N–H and O–H groups in total. The number of aliphatic hydroxyl groups is 3. The number of carboxylic acid groups (broad SMARTS) is 1. The van der Waals surface area contributed by atoms with Crippen LogP contribution in [0.25, 0.3) is 11.1 Å². The summed E-state index contributed by atoms with van der Waals surface area (Å²) in [6.45, 7) is 11.0. The average molecular weight is 1630 g/mol. The van der Waals surface area contributed by atoms with Crippen LogP contribution in [0, 0.1) is 25.1 Å². The number of primary amides is 1. The van der Waals surface area contributed by atoms with Gasteiger partial charge >= 0.3 is 5.97 Å². The summed E-state index contributed by atoms with van der Waals surface area (Å²) in [7, 11) is 0. The number of tetrazole rings is 1. The predicted octanol–water partition coefficient (Wildman–Crippen LogP) is -1.65. The number of carbonyl (C=O) groups is 12. The largest absolute Gasteiger partial charge is 0.494 e. The Morgan fingerprint density at radius 1 is 0.667 bits per heavy atom. The van der Waals surface area contributed by atoms with Crippen molar-refractivity contribution in [2.24, 2.45) is 16.9 Å². The zero-order chi connectivity index (χ0) is 85.7. The summed E-state index contributed by atoms with van der Waals surface area (Å²) >= 11 is 0. The number of aliphatic carboxylic acids is 1. The van der Waals surface area contributed by atoms with Crippen LogP contribution < -0.4 is 69.4 Å². The second-order valence-electron chi connectivity index (χ2n) is 29.2. The Bertz CT molecular complexity index is 4540. The molecule has 10 atom stereocenters. The fraction of sp³-hybridized carbons (Fsp3) is 0.462. The van der Waals surface area contributed by atoms with E-state index in [2.05, 4.69) is 94.1 Å². The zero-order valence-corrected chi connectivity index (χ0v) is 66.3. The van der Waals surface area contributed by atoms with Gasteiger partial charge in [0.05, 0.1) is 50.4 Å². The summed E-state index contributed by atoms with van der Waals surface area (Å²) < 4.78 is 23.4. The van der Waals surface area contributed by atoms with E-state index < -0.39 is 168 Å². The van der Waals surface area contributed by atoms with E-state index in [4.69, 9.17) is 16.2 Å². The normalized spacial score (nSPS) is 14.2. The first-order chi connectivity index (χ1) is 55.6. The van der Waals surface area contributed by atoms with Gasteiger partial charge < -0.3 is 94.8 Å². The standard InChI is InChI=1S/C78H104FN21O17/c1-9-49-33-54(117-28-13-12-27-100-40-53(37-80)94-99-100)23-24-55(49)50-21-19-47(20-22-50)32-58(69(109)86-57(67(81)107)18-14-15-48-30-43(2)29-44(3)31-48)87-70(110)60(35-64(105)106)88-71(111)61(41-101)89-72(112)65(45(4)102)92-76(116)78(8,36-51-16-10-11-17-56(51)79)93-73(113)66(46(5)103)91-63(104)39-84-68(108)59(34-62-95-97-98-96-62)90-75(115)77(6,7)74(114)83-26-25-52-38-82-42-85-52/h10-11,16-17,19-24,29-31,33,38,40,42,45-46,57-61,65-66,101-103H,9,12-15,18,25-28,32,34-37,39,41,80H2,1-8H3,(H2,81,107)(H,82,85)(H,83,114)(H,84,108)(H,86,109)(H,87,110)(H,88,111)(H,89,112)(H,90,115)(H,91,104)(H,92,116)(H,93,113)(H,105,106)(H,95,96,97,98)/t45-,46?,57+,58+,59+,60+,61+,65?,66+,78+/m1/s1. The molecule has 39 heteroatoms. The number of nitrogens with zero attached hydrogens (tertiary/aromatic N) is 7. The van der Waals surface area contributed by atoms with Crippen molar-refractivity contribution in [3.05, 3.63) is 160 Å². The number of rotatable bonds is 47. The van der Waals surface area contributed by atoms with Crippen molar-refractivity contribution < 1.29 is 87.1 Å². The van der Waals surface area contributed by atoms with Gasteiger partial charge in [0.1, 0.15) is 64.8 Å². The number of aromatic amines is 2. The third-order valence-electron chi connectivity index (χ3n) is 19.1. The maximum Gasteiger partial charge on any atom is 0.305 e. The first-order valence-electron chi connectivity index (χ1n) is 38.0. The molecule has 0 radical (unpaired) electrons. The number of unbranched alkanes of at least 4 members (excludes halogenated alkanes) is 1. The van der Waals surface area contributed by atoms with Gasteiger partial charge in [0.25, 0.3) is 0 Å². The van der Waals surface area contributed by atoms with Gasteiger partial charge in [-0.2, -0.15) is 0 Å². The topological polar surface area (TPSA) is 581 Å². The Balaban J connectivity index is 1.04. The van der Waals surface area contributed by atoms with E-state index >= 15 is 4.39 Å². The summed E-state index contributed by atoms with van der Waals surface area (Å²) in [6, 6.07) is 11.0. The molecule has 0 saturated heterocycles. The van der Waals surface area contributed by atoms with E-state index in [1.54, 1.807) is 41.3 Å². The average Bonchev–Trinajstić information content (AvgIpc) is 1.47. The molecule has 4 aromatic carbocycles. The second kappa shape index (κ2) is 43.8. The van der Waals surface area contributed by atoms with Crippen LogP contribution in [0.5, 0.6) is 5.75 Å². The Kier molecular flexibility index (Phi) is 34.4. The molecular formula is C78H104FN21O17. The number of halogens is 1. The van der Waals surface area contributed by atoms with Gasteiger partial charge in [0.2, 0.25) is 65.0 Å². The van der Waals surface area contributed by atoms with Gasteiger partial charge in [-0.15, -0.1) is 10.2 Å². The van der Waals surface area contributed by atoms with Crippen molar-refractivity contribution in [3.63, 3.8) is 0 Å². The van der Waals surface area contributed by atoms with Crippen LogP contribution in [0.1, 0.15) is 124 Å². The molecule has 0 aliphatic rings. The smallest absolute Gasteiger partial charge is 0.305 e. The highest BCUT2D eigenvalue weighted by Crippen LogP contribution is 2.30. The number of hydrogen-bond donors (Lipinski definition) is 18. The summed E-state index contributed by atoms with van der Waals surface area (Å²) in [5, 5.41) is 87.9. The molecule has 11 amide bonds. The maximum atomic E-state index is 15.6. The van der Waals surface area contributed by atoms with Crippen molar-refractivity contribution in [1.82, 2.24) is 98.8 Å². The Labute approximate surface area is 673 Å². The minimum absolute atomic E-state index is 0.00267. The number of carbonyl (C=O) groups excluding carboxylic acids is 11. The van der Waals surface area contributed by atoms with Crippen molar-refractivity contribution in [3.8, 4) is 16.9 Å². The van der Waals surface area contributed by atoms with E-state index in [1.165, 1.54) is 38.4 Å². The highest BCUT2D eigenvalue weighted by molar-refractivity contribution is 6.06. The molecule has 0 spiro atoms. The molecule has 0 bridgehead atoms. The minimum atomic E-state index is -2.41. The van der Waals surface area contributed by atoms with Gasteiger partial charge in [0.15, 0.2) is 5.82 Å². The third-order valence-corrected chi connectivity index (χ3v) is 19.1. The molecule has 3 aromatic heterocycles. The van der Waals surface area contributed by atoms with E-state index in [0.29, 0.717) is 68.1 Å². The maximum absolute atomic E-state index is 15.6. The monoisotopic (exact) mass is 1630 g/mol. The van der Waals surface area contributed by atoms with Crippen LogP contribution in [-0.2, 0) is 109 Å². The van der Waals surface area contributed by atoms with Gasteiger partial charge in [-0.3, -0.25) is 62.2 Å². The first-order valence-corrected chi connectivity index (χ1v) is 38.0. The van der Waals surface area contributed by atoms with Gasteiger partial charge in [-0.25, -0.2) is 14.5 Å². The van der Waals surface area contributed by atoms with E-state index in [9.17, 15) is 78.0 Å². The Morgan fingerprint density at radius 2 is 1.32 bits per heavy atom. The molecule has 3 heterocycles. The predicted molar refractivity (Wildman–Crippen MR) is 418 cm³/mol. The molecule has 2 unspecified atom stereocenters. The molecule has 38 nitrogen and oxygen atoms in total. The van der Waals surface area contributed by atoms with Crippen molar-refractivity contribution in [1.29, 1.82) is 0 Å². The highest BCUT2D eigenvalue weighted by Gasteiger charge is 2.43. The van der Waals surface area contributed by atoms with Crippen LogP contribution in [-0.4, -0.2) is 223 Å². The Morgan fingerprint density at radius 3 is 1.95 bits per heavy atom. The SMILES string of the molecule is CCc1cc(OCCCCn2cc(CN)nn2)ccc1-c1ccc(C[C@H](NC(=O)[C@H](CC(=O)O)NC(=O)[C@H](CO)NC(=O)C(NC(=O)[C@](C)(Cc2ccccc2F)NC(=O)[C@@H](NC(=O)CNC(=O)[C@H](Cc2nnn[nH]2)NC(=O)C(C)(C)C(=O)NCCc2cnc[nH]2)C(C)O)[C@@H](C)O)C(=O)N[C@@H](CCCc2cc(C)cc(C)c2)C(N)=O)cc1. The Hall–Kier alpha value is -12.5. The lowest BCUT2D eigenvalue weighted by atomic mass is 9.90. The summed E-state index contributed by atoms with van der Waals surface area (Å²) in [5.41, 5.74) is 14.7. The number of ether oxygens (including phenoxy) is 1. The summed E-state index contributed by atoms with van der Waals surface area (Å²) in [4.78, 5) is 173. The lowest BCUT2D eigenvalue weighted by molar-refractivity contribution is -0.143. The number of benzene rings is 4. The number of aromatic nitrogens is 9. The van der Waals surface area contributed by atoms with E-state index in [1.807, 2.05) is 57.2 Å². The van der Waals surface area contributed by atoms with Crippen molar-refractivity contribution >= 4 is 70.9 Å². The molecule has 630 valence electrons.